The van der Waals surface area contributed by atoms with E-state index >= 15 is 0 Å². The van der Waals surface area contributed by atoms with Gasteiger partial charge in [-0.3, -0.25) is 4.79 Å². The van der Waals surface area contributed by atoms with Gasteiger partial charge in [-0.05, 0) is 43.9 Å². The average molecular weight is 381 g/mol. The maximum absolute atomic E-state index is 13.6. The number of nitrogens with one attached hydrogen (secondary N) is 2. The number of anilines is 2. The van der Waals surface area contributed by atoms with Crippen molar-refractivity contribution in [2.45, 2.75) is 26.2 Å². The number of hydrogen-bond acceptors (Lipinski definition) is 5. The number of benzene rings is 1. The average Bonchev–Trinajstić information content (AvgIpc) is 3.18. The van der Waals surface area contributed by atoms with E-state index in [4.69, 9.17) is 0 Å². The zero-order valence-electron chi connectivity index (χ0n) is 15.9. The molecule has 1 fully saturated rings. The second-order valence-electron chi connectivity index (χ2n) is 7.40. The second-order valence-corrected chi connectivity index (χ2v) is 7.40. The lowest BCUT2D eigenvalue weighted by molar-refractivity contribution is -0.118. The summed E-state index contributed by atoms with van der Waals surface area (Å²) in [5, 5.41) is 4.09. The number of carbonyl (C=O) groups excluding carboxylic acids is 1. The molecular weight excluding hydrogens is 357 g/mol. The molecule has 0 radical (unpaired) electrons. The number of rotatable bonds is 6. The third-order valence-electron chi connectivity index (χ3n) is 5.41. The fourth-order valence-electron chi connectivity index (χ4n) is 3.92. The quantitative estimate of drug-likeness (QED) is 0.681. The van der Waals surface area contributed by atoms with Crippen molar-refractivity contribution >= 4 is 28.3 Å². The first-order valence-corrected chi connectivity index (χ1v) is 9.65. The van der Waals surface area contributed by atoms with Crippen LogP contribution in [0.5, 0.6) is 0 Å². The Morgan fingerprint density at radius 3 is 3.14 bits per heavy atom. The molecule has 1 aliphatic heterocycles. The van der Waals surface area contributed by atoms with Crippen LogP contribution in [0.15, 0.2) is 36.8 Å². The standard InChI is InChI=1S/C21H24FN5O/c1-14-18(22)5-2-6-19(14)24-11-16(28)10-15-4-3-9-27(12-15)21-17-7-8-23-20(17)25-13-26-21/h2,5-8,13,15,24H,3-4,9-12H2,1H3,(H,23,25,26)/t15-/m0/s1. The van der Waals surface area contributed by atoms with Crippen LogP contribution in [0.25, 0.3) is 11.0 Å². The summed E-state index contributed by atoms with van der Waals surface area (Å²) in [6.07, 6.45) is 6.02. The number of Topliss-reactive ketones (excluding diaryl/α,β-unsaturated/α-hetero) is 1. The van der Waals surface area contributed by atoms with Gasteiger partial charge in [-0.1, -0.05) is 6.07 Å². The Bertz CT molecular complexity index is 986. The number of hydrogen-bond donors (Lipinski definition) is 2. The van der Waals surface area contributed by atoms with E-state index in [0.29, 0.717) is 23.6 Å². The van der Waals surface area contributed by atoms with Crippen LogP contribution in [0.1, 0.15) is 24.8 Å². The molecule has 1 aromatic carbocycles. The van der Waals surface area contributed by atoms with Crippen molar-refractivity contribution in [3.8, 4) is 0 Å². The van der Waals surface area contributed by atoms with Crippen LogP contribution < -0.4 is 10.2 Å². The number of nitrogens with zero attached hydrogens (tertiary/aromatic N) is 3. The fourth-order valence-corrected chi connectivity index (χ4v) is 3.92. The van der Waals surface area contributed by atoms with E-state index in [0.717, 1.165) is 42.8 Å². The minimum atomic E-state index is -0.263. The van der Waals surface area contributed by atoms with Crippen molar-refractivity contribution in [1.29, 1.82) is 0 Å². The molecule has 2 aromatic heterocycles. The molecule has 0 saturated carbocycles. The molecule has 0 unspecified atom stereocenters. The van der Waals surface area contributed by atoms with Gasteiger partial charge in [0, 0.05) is 37.0 Å². The number of ketones is 1. The van der Waals surface area contributed by atoms with E-state index in [2.05, 4.69) is 25.2 Å². The Labute approximate surface area is 163 Å². The molecule has 6 nitrogen and oxygen atoms in total. The van der Waals surface area contributed by atoms with Gasteiger partial charge in [0.2, 0.25) is 0 Å². The van der Waals surface area contributed by atoms with Gasteiger partial charge in [0.25, 0.3) is 0 Å². The van der Waals surface area contributed by atoms with E-state index in [1.165, 1.54) is 6.07 Å². The van der Waals surface area contributed by atoms with Crippen molar-refractivity contribution in [2.24, 2.45) is 5.92 Å². The van der Waals surface area contributed by atoms with Crippen molar-refractivity contribution in [3.05, 3.63) is 48.2 Å². The molecule has 7 heteroatoms. The third kappa shape index (κ3) is 3.83. The molecule has 0 spiro atoms. The predicted molar refractivity (Wildman–Crippen MR) is 108 cm³/mol. The van der Waals surface area contributed by atoms with Crippen molar-refractivity contribution in [2.75, 3.05) is 29.9 Å². The van der Waals surface area contributed by atoms with Crippen LogP contribution in [0.2, 0.25) is 0 Å². The monoisotopic (exact) mass is 381 g/mol. The topological polar surface area (TPSA) is 73.9 Å². The fraction of sp³-hybridized carbons (Fsp3) is 0.381. The summed E-state index contributed by atoms with van der Waals surface area (Å²) in [5.41, 5.74) is 2.05. The van der Waals surface area contributed by atoms with Crippen LogP contribution in [0.4, 0.5) is 15.9 Å². The first-order valence-electron chi connectivity index (χ1n) is 9.65. The van der Waals surface area contributed by atoms with Gasteiger partial charge in [-0.25, -0.2) is 14.4 Å². The zero-order valence-corrected chi connectivity index (χ0v) is 15.9. The Balaban J connectivity index is 1.36. The van der Waals surface area contributed by atoms with Crippen LogP contribution in [-0.2, 0) is 4.79 Å². The van der Waals surface area contributed by atoms with Crippen LogP contribution >= 0.6 is 0 Å². The summed E-state index contributed by atoms with van der Waals surface area (Å²) < 4.78 is 13.6. The Hall–Kier alpha value is -2.96. The summed E-state index contributed by atoms with van der Waals surface area (Å²) in [7, 11) is 0. The lowest BCUT2D eigenvalue weighted by Gasteiger charge is -2.33. The van der Waals surface area contributed by atoms with E-state index < -0.39 is 0 Å². The first-order chi connectivity index (χ1) is 13.6. The van der Waals surface area contributed by atoms with Gasteiger partial charge < -0.3 is 15.2 Å². The molecule has 1 saturated heterocycles. The van der Waals surface area contributed by atoms with Gasteiger partial charge >= 0.3 is 0 Å². The maximum atomic E-state index is 13.6. The first kappa shape index (κ1) is 18.4. The summed E-state index contributed by atoms with van der Waals surface area (Å²) >= 11 is 0. The molecule has 0 amide bonds. The normalized spacial score (nSPS) is 17.1. The third-order valence-corrected chi connectivity index (χ3v) is 5.41. The Morgan fingerprint density at radius 1 is 1.36 bits per heavy atom. The van der Waals surface area contributed by atoms with Crippen LogP contribution in [0, 0.1) is 18.7 Å². The molecule has 4 rings (SSSR count). The molecule has 0 aliphatic carbocycles. The Kier molecular flexibility index (Phi) is 5.23. The molecule has 3 heterocycles. The summed E-state index contributed by atoms with van der Waals surface area (Å²) in [4.78, 5) is 26.6. The van der Waals surface area contributed by atoms with Crippen molar-refractivity contribution in [1.82, 2.24) is 15.0 Å². The SMILES string of the molecule is Cc1c(F)cccc1NCC(=O)C[C@@H]1CCCN(c2ncnc3[nH]ccc23)C1. The van der Waals surface area contributed by atoms with Gasteiger partial charge in [0.1, 0.15) is 23.6 Å². The van der Waals surface area contributed by atoms with Crippen LogP contribution in [0.3, 0.4) is 0 Å². The molecule has 1 aliphatic rings. The van der Waals surface area contributed by atoms with E-state index in [9.17, 15) is 9.18 Å². The highest BCUT2D eigenvalue weighted by molar-refractivity contribution is 5.87. The minimum absolute atomic E-state index is 0.144. The molecule has 146 valence electrons. The number of aromatic nitrogens is 3. The van der Waals surface area contributed by atoms with Crippen molar-refractivity contribution < 1.29 is 9.18 Å². The smallest absolute Gasteiger partial charge is 0.152 e. The minimum Gasteiger partial charge on any atom is -0.378 e. The molecule has 1 atom stereocenters. The highest BCUT2D eigenvalue weighted by Gasteiger charge is 2.24. The number of fused-ring (bicyclic) bond motifs is 1. The maximum Gasteiger partial charge on any atom is 0.152 e. The van der Waals surface area contributed by atoms with Gasteiger partial charge in [0.15, 0.2) is 5.78 Å². The lowest BCUT2D eigenvalue weighted by atomic mass is 9.92. The zero-order chi connectivity index (χ0) is 19.5. The molecular formula is C21H24FN5O. The van der Waals surface area contributed by atoms with Gasteiger partial charge in [-0.15, -0.1) is 0 Å². The van der Waals surface area contributed by atoms with E-state index in [1.807, 2.05) is 12.3 Å². The van der Waals surface area contributed by atoms with Gasteiger partial charge in [0.05, 0.1) is 11.9 Å². The van der Waals surface area contributed by atoms with Gasteiger partial charge in [-0.2, -0.15) is 0 Å². The lowest BCUT2D eigenvalue weighted by Crippen LogP contribution is -2.37. The second kappa shape index (κ2) is 7.96. The summed E-state index contributed by atoms with van der Waals surface area (Å²) in [5.74, 6) is 1.10. The number of piperidine rings is 1. The highest BCUT2D eigenvalue weighted by Crippen LogP contribution is 2.28. The number of carbonyl (C=O) groups is 1. The molecule has 2 N–H and O–H groups in total. The summed E-state index contributed by atoms with van der Waals surface area (Å²) in [6, 6.07) is 6.86. The molecule has 3 aromatic rings. The Morgan fingerprint density at radius 2 is 2.25 bits per heavy atom. The highest BCUT2D eigenvalue weighted by atomic mass is 19.1. The number of aromatic amines is 1. The van der Waals surface area contributed by atoms with E-state index in [1.54, 1.807) is 25.4 Å². The van der Waals surface area contributed by atoms with E-state index in [-0.39, 0.29) is 18.1 Å². The number of halogens is 1. The predicted octanol–water partition coefficient (Wildman–Crippen LogP) is 3.69. The number of H-pyrrole nitrogens is 1. The molecule has 0 bridgehead atoms. The van der Waals surface area contributed by atoms with Crippen molar-refractivity contribution in [3.63, 3.8) is 0 Å². The van der Waals surface area contributed by atoms with Crippen LogP contribution in [-0.4, -0.2) is 40.4 Å². The largest absolute Gasteiger partial charge is 0.378 e. The molecule has 28 heavy (non-hydrogen) atoms. The summed E-state index contributed by atoms with van der Waals surface area (Å²) in [6.45, 7) is 3.67.